The molecule has 1 aliphatic rings. The lowest BCUT2D eigenvalue weighted by molar-refractivity contribution is 0.144. The van der Waals surface area contributed by atoms with Crippen molar-refractivity contribution in [1.29, 1.82) is 0 Å². The Morgan fingerprint density at radius 1 is 1.44 bits per heavy atom. The summed E-state index contributed by atoms with van der Waals surface area (Å²) in [6, 6.07) is 5.77. The molecule has 0 saturated heterocycles. The van der Waals surface area contributed by atoms with Crippen LogP contribution in [0.4, 0.5) is 0 Å². The molecule has 3 nitrogen and oxygen atoms in total. The van der Waals surface area contributed by atoms with E-state index >= 15 is 0 Å². The van der Waals surface area contributed by atoms with Crippen LogP contribution in [0.15, 0.2) is 22.7 Å². The third kappa shape index (κ3) is 3.25. The van der Waals surface area contributed by atoms with Crippen LogP contribution in [-0.2, 0) is 4.74 Å². The van der Waals surface area contributed by atoms with Gasteiger partial charge in [-0.1, -0.05) is 13.0 Å². The molecular formula is C14H19BrO3. The molecule has 18 heavy (non-hydrogen) atoms. The second-order valence-corrected chi connectivity index (χ2v) is 5.71. The topological polar surface area (TPSA) is 38.7 Å². The number of aliphatic hydroxyl groups is 1. The van der Waals surface area contributed by atoms with Gasteiger partial charge in [-0.15, -0.1) is 0 Å². The molecule has 1 saturated carbocycles. The van der Waals surface area contributed by atoms with E-state index in [-0.39, 0.29) is 6.10 Å². The first-order valence-electron chi connectivity index (χ1n) is 6.22. The predicted octanol–water partition coefficient (Wildman–Crippen LogP) is 3.16. The Hall–Kier alpha value is -0.580. The molecule has 4 heteroatoms. The fourth-order valence-electron chi connectivity index (χ4n) is 2.09. The molecule has 0 bridgehead atoms. The van der Waals surface area contributed by atoms with Crippen molar-refractivity contribution in [1.82, 2.24) is 0 Å². The summed E-state index contributed by atoms with van der Waals surface area (Å²) in [5, 5.41) is 10.2. The standard InChI is InChI=1S/C14H19BrO3/c1-9-7-11(9)14(16)10-3-4-13(12(15)8-10)18-6-5-17-2/h3-4,8-9,11,14,16H,5-7H2,1-2H3. The molecule has 3 unspecified atom stereocenters. The molecule has 0 heterocycles. The minimum atomic E-state index is -0.357. The Labute approximate surface area is 116 Å². The average Bonchev–Trinajstić information content (AvgIpc) is 3.08. The normalized spacial score (nSPS) is 23.8. The third-order valence-corrected chi connectivity index (χ3v) is 4.04. The highest BCUT2D eigenvalue weighted by Crippen LogP contribution is 2.47. The van der Waals surface area contributed by atoms with E-state index in [9.17, 15) is 5.11 Å². The summed E-state index contributed by atoms with van der Waals surface area (Å²) < 4.78 is 11.4. The van der Waals surface area contributed by atoms with Crippen LogP contribution in [0.25, 0.3) is 0 Å². The molecule has 2 rings (SSSR count). The van der Waals surface area contributed by atoms with E-state index in [1.165, 1.54) is 0 Å². The van der Waals surface area contributed by atoms with Crippen molar-refractivity contribution in [3.63, 3.8) is 0 Å². The molecule has 1 aromatic carbocycles. The van der Waals surface area contributed by atoms with E-state index in [4.69, 9.17) is 9.47 Å². The smallest absolute Gasteiger partial charge is 0.133 e. The van der Waals surface area contributed by atoms with Gasteiger partial charge in [0.25, 0.3) is 0 Å². The van der Waals surface area contributed by atoms with E-state index in [0.29, 0.717) is 25.0 Å². The fraction of sp³-hybridized carbons (Fsp3) is 0.571. The number of rotatable bonds is 6. The summed E-state index contributed by atoms with van der Waals surface area (Å²) in [6.45, 7) is 3.26. The lowest BCUT2D eigenvalue weighted by atomic mass is 10.0. The van der Waals surface area contributed by atoms with Crippen molar-refractivity contribution in [3.05, 3.63) is 28.2 Å². The van der Waals surface area contributed by atoms with Gasteiger partial charge in [-0.25, -0.2) is 0 Å². The Morgan fingerprint density at radius 3 is 2.72 bits per heavy atom. The maximum atomic E-state index is 10.2. The highest BCUT2D eigenvalue weighted by atomic mass is 79.9. The molecule has 3 atom stereocenters. The number of aliphatic hydroxyl groups excluding tert-OH is 1. The van der Waals surface area contributed by atoms with Gasteiger partial charge in [-0.05, 0) is 51.9 Å². The van der Waals surface area contributed by atoms with Crippen molar-refractivity contribution in [2.45, 2.75) is 19.4 Å². The van der Waals surface area contributed by atoms with Gasteiger partial charge in [0.15, 0.2) is 0 Å². The van der Waals surface area contributed by atoms with Gasteiger partial charge < -0.3 is 14.6 Å². The maximum Gasteiger partial charge on any atom is 0.133 e. The summed E-state index contributed by atoms with van der Waals surface area (Å²) in [5.74, 6) is 1.83. The number of methoxy groups -OCH3 is 1. The SMILES string of the molecule is COCCOc1ccc(C(O)C2CC2C)cc1Br. The summed E-state index contributed by atoms with van der Waals surface area (Å²) in [7, 11) is 1.65. The maximum absolute atomic E-state index is 10.2. The summed E-state index contributed by atoms with van der Waals surface area (Å²) >= 11 is 3.48. The van der Waals surface area contributed by atoms with Crippen LogP contribution in [0.1, 0.15) is 25.0 Å². The number of halogens is 1. The third-order valence-electron chi connectivity index (χ3n) is 3.42. The largest absolute Gasteiger partial charge is 0.490 e. The molecule has 1 aliphatic carbocycles. The first-order valence-corrected chi connectivity index (χ1v) is 7.02. The van der Waals surface area contributed by atoms with E-state index in [0.717, 1.165) is 22.2 Å². The second kappa shape index (κ2) is 6.04. The highest BCUT2D eigenvalue weighted by Gasteiger charge is 2.39. The minimum absolute atomic E-state index is 0.357. The Kier molecular flexibility index (Phi) is 4.65. The van der Waals surface area contributed by atoms with Gasteiger partial charge in [0, 0.05) is 7.11 Å². The van der Waals surface area contributed by atoms with Gasteiger partial charge in [0.1, 0.15) is 12.4 Å². The quantitative estimate of drug-likeness (QED) is 0.820. The van der Waals surface area contributed by atoms with Crippen molar-refractivity contribution in [2.24, 2.45) is 11.8 Å². The van der Waals surface area contributed by atoms with E-state index in [1.807, 2.05) is 18.2 Å². The van der Waals surface area contributed by atoms with Crippen molar-refractivity contribution < 1.29 is 14.6 Å². The van der Waals surface area contributed by atoms with Crippen LogP contribution in [0.2, 0.25) is 0 Å². The summed E-state index contributed by atoms with van der Waals surface area (Å²) in [6.07, 6.45) is 0.759. The summed E-state index contributed by atoms with van der Waals surface area (Å²) in [5.41, 5.74) is 0.954. The van der Waals surface area contributed by atoms with E-state index in [1.54, 1.807) is 7.11 Å². The Bertz CT molecular complexity index is 408. The molecule has 0 amide bonds. The van der Waals surface area contributed by atoms with Crippen LogP contribution in [0, 0.1) is 11.8 Å². The zero-order valence-electron chi connectivity index (χ0n) is 10.7. The number of benzene rings is 1. The molecule has 1 aromatic rings. The second-order valence-electron chi connectivity index (χ2n) is 4.85. The molecule has 100 valence electrons. The first-order chi connectivity index (χ1) is 8.63. The lowest BCUT2D eigenvalue weighted by Crippen LogP contribution is -2.05. The monoisotopic (exact) mass is 314 g/mol. The minimum Gasteiger partial charge on any atom is -0.490 e. The Balaban J connectivity index is 2.00. The van der Waals surface area contributed by atoms with Gasteiger partial charge >= 0.3 is 0 Å². The Morgan fingerprint density at radius 2 is 2.17 bits per heavy atom. The molecule has 0 spiro atoms. The highest BCUT2D eigenvalue weighted by molar-refractivity contribution is 9.10. The predicted molar refractivity (Wildman–Crippen MR) is 73.7 cm³/mol. The van der Waals surface area contributed by atoms with Gasteiger partial charge in [0.2, 0.25) is 0 Å². The molecule has 1 fully saturated rings. The van der Waals surface area contributed by atoms with Crippen molar-refractivity contribution in [3.8, 4) is 5.75 Å². The van der Waals surface area contributed by atoms with Crippen LogP contribution in [0.5, 0.6) is 5.75 Å². The van der Waals surface area contributed by atoms with Gasteiger partial charge in [0.05, 0.1) is 17.2 Å². The number of hydrogen-bond donors (Lipinski definition) is 1. The van der Waals surface area contributed by atoms with Crippen LogP contribution >= 0.6 is 15.9 Å². The van der Waals surface area contributed by atoms with Gasteiger partial charge in [-0.3, -0.25) is 0 Å². The molecule has 0 aliphatic heterocycles. The molecule has 1 N–H and O–H groups in total. The number of hydrogen-bond acceptors (Lipinski definition) is 3. The molecule has 0 aromatic heterocycles. The summed E-state index contributed by atoms with van der Waals surface area (Å²) in [4.78, 5) is 0. The van der Waals surface area contributed by atoms with Crippen LogP contribution < -0.4 is 4.74 Å². The number of ether oxygens (including phenoxy) is 2. The van der Waals surface area contributed by atoms with Crippen molar-refractivity contribution in [2.75, 3.05) is 20.3 Å². The van der Waals surface area contributed by atoms with Crippen LogP contribution in [0.3, 0.4) is 0 Å². The fourth-order valence-corrected chi connectivity index (χ4v) is 2.60. The molecule has 0 radical (unpaired) electrons. The van der Waals surface area contributed by atoms with Gasteiger partial charge in [-0.2, -0.15) is 0 Å². The zero-order chi connectivity index (χ0) is 13.1. The van der Waals surface area contributed by atoms with E-state index in [2.05, 4.69) is 22.9 Å². The lowest BCUT2D eigenvalue weighted by Gasteiger charge is -2.13. The zero-order valence-corrected chi connectivity index (χ0v) is 12.3. The molecular weight excluding hydrogens is 296 g/mol. The van der Waals surface area contributed by atoms with E-state index < -0.39 is 0 Å². The first kappa shape index (κ1) is 13.8. The average molecular weight is 315 g/mol. The van der Waals surface area contributed by atoms with Crippen molar-refractivity contribution >= 4 is 15.9 Å². The van der Waals surface area contributed by atoms with Crippen LogP contribution in [-0.4, -0.2) is 25.4 Å².